The molecule has 0 saturated heterocycles. The Morgan fingerprint density at radius 2 is 1.70 bits per heavy atom. The summed E-state index contributed by atoms with van der Waals surface area (Å²) >= 11 is 0. The Balaban J connectivity index is 2.05. The van der Waals surface area contributed by atoms with Crippen molar-refractivity contribution in [3.63, 3.8) is 0 Å². The molecule has 3 rings (SSSR count). The number of hydrogen-bond acceptors (Lipinski definition) is 4. The minimum Gasteiger partial charge on any atom is -0.507 e. The van der Waals surface area contributed by atoms with E-state index in [2.05, 4.69) is 16.8 Å². The van der Waals surface area contributed by atoms with E-state index in [9.17, 15) is 15.0 Å². The van der Waals surface area contributed by atoms with Crippen LogP contribution in [0, 0.1) is 0 Å². The zero-order valence-electron chi connectivity index (χ0n) is 16.6. The van der Waals surface area contributed by atoms with E-state index in [1.54, 1.807) is 12.1 Å². The molecule has 27 heavy (non-hydrogen) atoms. The van der Waals surface area contributed by atoms with Crippen molar-refractivity contribution in [3.05, 3.63) is 51.9 Å². The molecule has 5 nitrogen and oxygen atoms in total. The van der Waals surface area contributed by atoms with Gasteiger partial charge in [-0.2, -0.15) is 0 Å². The Kier molecular flexibility index (Phi) is 4.96. The molecule has 142 valence electrons. The van der Waals surface area contributed by atoms with Crippen LogP contribution in [0.5, 0.6) is 5.75 Å². The summed E-state index contributed by atoms with van der Waals surface area (Å²) in [7, 11) is 0. The average Bonchev–Trinajstić information content (AvgIpc) is 2.91. The van der Waals surface area contributed by atoms with E-state index in [-0.39, 0.29) is 22.9 Å². The first kappa shape index (κ1) is 19.0. The Morgan fingerprint density at radius 1 is 1.04 bits per heavy atom. The van der Waals surface area contributed by atoms with Crippen LogP contribution in [0.25, 0.3) is 5.57 Å². The van der Waals surface area contributed by atoms with Gasteiger partial charge in [0.15, 0.2) is 5.71 Å². The molecule has 0 unspecified atom stereocenters. The molecule has 0 fully saturated rings. The first-order valence-corrected chi connectivity index (χ1v) is 9.47. The van der Waals surface area contributed by atoms with Crippen LogP contribution in [-0.4, -0.2) is 34.8 Å². The van der Waals surface area contributed by atoms with Crippen LogP contribution >= 0.6 is 0 Å². The molecule has 5 heteroatoms. The van der Waals surface area contributed by atoms with Gasteiger partial charge in [0.2, 0.25) is 11.5 Å². The van der Waals surface area contributed by atoms with Crippen LogP contribution < -0.4 is 9.89 Å². The van der Waals surface area contributed by atoms with Crippen molar-refractivity contribution in [2.24, 2.45) is 0 Å². The predicted molar refractivity (Wildman–Crippen MR) is 108 cm³/mol. The second kappa shape index (κ2) is 7.06. The summed E-state index contributed by atoms with van der Waals surface area (Å²) in [4.78, 5) is 18.2. The number of benzene rings is 1. The third-order valence-electron chi connectivity index (χ3n) is 5.50. The minimum absolute atomic E-state index is 0.00184. The second-order valence-electron chi connectivity index (χ2n) is 6.88. The number of hydrogen-bond donors (Lipinski definition) is 3. The van der Waals surface area contributed by atoms with Crippen LogP contribution in [0.4, 0.5) is 5.69 Å². The van der Waals surface area contributed by atoms with Gasteiger partial charge in [0.25, 0.3) is 0 Å². The summed E-state index contributed by atoms with van der Waals surface area (Å²) in [6.07, 6.45) is 0.862. The van der Waals surface area contributed by atoms with Crippen molar-refractivity contribution >= 4 is 22.8 Å². The monoisotopic (exact) mass is 367 g/mol. The molecule has 0 spiro atoms. The molecule has 0 bridgehead atoms. The quantitative estimate of drug-likeness (QED) is 0.700. The summed E-state index contributed by atoms with van der Waals surface area (Å²) in [5.74, 6) is -0.301. The molecule has 2 aliphatic rings. The van der Waals surface area contributed by atoms with Crippen molar-refractivity contribution in [2.45, 2.75) is 41.0 Å². The third-order valence-corrected chi connectivity index (χ3v) is 5.50. The van der Waals surface area contributed by atoms with E-state index in [0.29, 0.717) is 16.8 Å². The number of carbonyl (C=O) groups excluding carboxylic acids is 1. The van der Waals surface area contributed by atoms with Gasteiger partial charge in [-0.05, 0) is 39.3 Å². The van der Waals surface area contributed by atoms with Crippen LogP contribution in [-0.2, 0) is 4.79 Å². The number of aliphatic hydroxyl groups is 1. The SMILES string of the molecule is CCC1=C(C)C(=C2C(=O)C(c3ccc(N(CC)CC)cc3O)=C2O)[NH+]=C1C. The number of aromatic hydroxyl groups is 1. The van der Waals surface area contributed by atoms with Crippen molar-refractivity contribution in [2.75, 3.05) is 18.0 Å². The first-order valence-electron chi connectivity index (χ1n) is 9.47. The number of phenolic OH excluding ortho intramolecular Hbond substituents is 1. The number of Topliss-reactive ketones (excluding diaryl/α,β-unsaturated/α-hetero) is 1. The molecule has 1 aliphatic heterocycles. The molecule has 1 aromatic carbocycles. The standard InChI is InChI=1S/C22H26N2O3/c1-6-15-12(4)20(23-13(15)5)19-21(26)18(22(19)27)16-10-9-14(11-17(16)25)24(7-2)8-3/h9-11,25-26H,6-8H2,1-5H3/p+1. The van der Waals surface area contributed by atoms with Gasteiger partial charge in [0.1, 0.15) is 17.1 Å². The average molecular weight is 367 g/mol. The number of aliphatic hydroxyl groups excluding tert-OH is 1. The van der Waals surface area contributed by atoms with Crippen molar-refractivity contribution in [1.82, 2.24) is 0 Å². The van der Waals surface area contributed by atoms with Gasteiger partial charge in [-0.3, -0.25) is 4.79 Å². The highest BCUT2D eigenvalue weighted by Gasteiger charge is 2.43. The summed E-state index contributed by atoms with van der Waals surface area (Å²) < 4.78 is 0. The predicted octanol–water partition coefficient (Wildman–Crippen LogP) is 2.63. The zero-order valence-corrected chi connectivity index (χ0v) is 16.6. The van der Waals surface area contributed by atoms with E-state index in [1.807, 2.05) is 33.8 Å². The van der Waals surface area contributed by atoms with E-state index in [1.165, 1.54) is 0 Å². The summed E-state index contributed by atoms with van der Waals surface area (Å²) in [6, 6.07) is 5.22. The summed E-state index contributed by atoms with van der Waals surface area (Å²) in [5.41, 5.74) is 5.58. The van der Waals surface area contributed by atoms with E-state index in [0.717, 1.165) is 42.1 Å². The minimum atomic E-state index is -0.245. The van der Waals surface area contributed by atoms with Gasteiger partial charge in [-0.1, -0.05) is 6.92 Å². The highest BCUT2D eigenvalue weighted by atomic mass is 16.3. The smallest absolute Gasteiger partial charge is 0.222 e. The number of rotatable bonds is 5. The molecule has 1 heterocycles. The van der Waals surface area contributed by atoms with E-state index in [4.69, 9.17) is 0 Å². The van der Waals surface area contributed by atoms with Crippen molar-refractivity contribution in [1.29, 1.82) is 0 Å². The maximum absolute atomic E-state index is 12.8. The van der Waals surface area contributed by atoms with E-state index >= 15 is 0 Å². The topological polar surface area (TPSA) is 74.7 Å². The molecule has 3 N–H and O–H groups in total. The van der Waals surface area contributed by atoms with Gasteiger partial charge in [0, 0.05) is 48.5 Å². The molecule has 0 atom stereocenters. The fourth-order valence-corrected chi connectivity index (χ4v) is 3.97. The summed E-state index contributed by atoms with van der Waals surface area (Å²) in [5, 5.41) is 21.1. The lowest BCUT2D eigenvalue weighted by Gasteiger charge is -2.24. The zero-order chi connectivity index (χ0) is 19.9. The number of anilines is 1. The van der Waals surface area contributed by atoms with Gasteiger partial charge in [-0.15, -0.1) is 0 Å². The van der Waals surface area contributed by atoms with E-state index < -0.39 is 0 Å². The van der Waals surface area contributed by atoms with Gasteiger partial charge >= 0.3 is 0 Å². The molecule has 0 saturated carbocycles. The molecular formula is C22H27N2O3+. The lowest BCUT2D eigenvalue weighted by Crippen LogP contribution is -2.69. The molecular weight excluding hydrogens is 340 g/mol. The van der Waals surface area contributed by atoms with Crippen molar-refractivity contribution in [3.8, 4) is 5.75 Å². The van der Waals surface area contributed by atoms with Gasteiger partial charge in [0.05, 0.1) is 5.57 Å². The lowest BCUT2D eigenvalue weighted by molar-refractivity contribution is -0.389. The van der Waals surface area contributed by atoms with Crippen LogP contribution in [0.3, 0.4) is 0 Å². The Labute approximate surface area is 160 Å². The van der Waals surface area contributed by atoms with Crippen LogP contribution in [0.1, 0.15) is 46.6 Å². The van der Waals surface area contributed by atoms with Gasteiger partial charge < -0.3 is 15.1 Å². The van der Waals surface area contributed by atoms with Crippen molar-refractivity contribution < 1.29 is 20.0 Å². The summed E-state index contributed by atoms with van der Waals surface area (Å²) in [6.45, 7) is 11.7. The Hall–Kier alpha value is -2.82. The fraction of sp³-hybridized carbons (Fsp3) is 0.364. The molecule has 0 radical (unpaired) electrons. The normalized spacial score (nSPS) is 19.6. The number of ketones is 1. The highest BCUT2D eigenvalue weighted by Crippen LogP contribution is 2.42. The highest BCUT2D eigenvalue weighted by molar-refractivity contribution is 6.39. The lowest BCUT2D eigenvalue weighted by atomic mass is 9.81. The molecule has 0 aromatic heterocycles. The number of nitrogens with one attached hydrogen (secondary N) is 1. The Bertz CT molecular complexity index is 944. The largest absolute Gasteiger partial charge is 0.507 e. The van der Waals surface area contributed by atoms with Crippen LogP contribution in [0.2, 0.25) is 0 Å². The van der Waals surface area contributed by atoms with Crippen LogP contribution in [0.15, 0.2) is 46.4 Å². The third kappa shape index (κ3) is 2.87. The number of nitrogens with zero attached hydrogens (tertiary/aromatic N) is 1. The van der Waals surface area contributed by atoms with Gasteiger partial charge in [-0.25, -0.2) is 4.99 Å². The number of phenols is 1. The maximum atomic E-state index is 12.8. The second-order valence-corrected chi connectivity index (χ2v) is 6.88. The molecule has 1 aromatic rings. The Morgan fingerprint density at radius 3 is 2.19 bits per heavy atom. The number of allylic oxidation sites excluding steroid dienone is 4. The first-order chi connectivity index (χ1) is 12.8. The fourth-order valence-electron chi connectivity index (χ4n) is 3.97. The molecule has 0 amide bonds. The maximum Gasteiger partial charge on any atom is 0.222 e. The molecule has 1 aliphatic carbocycles. The number of carbonyl (C=O) groups is 1.